The molecule has 0 aromatic heterocycles. The Bertz CT molecular complexity index is 157. The van der Waals surface area contributed by atoms with E-state index in [-0.39, 0.29) is 6.61 Å². The lowest BCUT2D eigenvalue weighted by Gasteiger charge is -2.28. The topological polar surface area (TPSA) is 9.23 Å². The van der Waals surface area contributed by atoms with Gasteiger partial charge in [0.15, 0.2) is 4.33 Å². The van der Waals surface area contributed by atoms with Gasteiger partial charge in [-0.05, 0) is 0 Å². The smallest absolute Gasteiger partial charge is 0.254 e. The molecule has 0 unspecified atom stereocenters. The van der Waals surface area contributed by atoms with Crippen molar-refractivity contribution in [3.05, 3.63) is 0 Å². The third-order valence-electron chi connectivity index (χ3n) is 1.26. The van der Waals surface area contributed by atoms with Gasteiger partial charge in [0.1, 0.15) is 0 Å². The number of ether oxygens (including phenoxy) is 1. The lowest BCUT2D eigenvalue weighted by molar-refractivity contribution is 0.135. The minimum absolute atomic E-state index is 0.115. The summed E-state index contributed by atoms with van der Waals surface area (Å²) in [5.74, 6) is 0. The molecule has 0 amide bonds. The molecule has 0 aromatic rings. The van der Waals surface area contributed by atoms with Crippen LogP contribution in [-0.2, 0) is 4.74 Å². The van der Waals surface area contributed by atoms with E-state index < -0.39 is 13.2 Å². The molecular formula is C4H2Cl6O. The lowest BCUT2D eigenvalue weighted by Crippen LogP contribution is -2.42. The molecule has 1 aliphatic rings. The highest BCUT2D eigenvalue weighted by Crippen LogP contribution is 2.59. The average molecular weight is 279 g/mol. The monoisotopic (exact) mass is 276 g/mol. The van der Waals surface area contributed by atoms with Gasteiger partial charge in [-0.2, -0.15) is 0 Å². The highest BCUT2D eigenvalue weighted by atomic mass is 35.5. The zero-order chi connectivity index (χ0) is 8.91. The van der Waals surface area contributed by atoms with Gasteiger partial charge in [0.2, 0.25) is 4.33 Å². The molecule has 1 rings (SSSR count). The second-order valence-electron chi connectivity index (χ2n) is 2.08. The van der Waals surface area contributed by atoms with Crippen LogP contribution in [0.5, 0.6) is 0 Å². The van der Waals surface area contributed by atoms with Crippen LogP contribution < -0.4 is 0 Å². The van der Waals surface area contributed by atoms with Gasteiger partial charge < -0.3 is 4.74 Å². The molecular weight excluding hydrogens is 277 g/mol. The van der Waals surface area contributed by atoms with Gasteiger partial charge in [0, 0.05) is 0 Å². The second-order valence-corrected chi connectivity index (χ2v) is 6.15. The maximum atomic E-state index is 5.66. The Labute approximate surface area is 93.8 Å². The van der Waals surface area contributed by atoms with E-state index in [1.807, 2.05) is 0 Å². The number of hydrogen-bond acceptors (Lipinski definition) is 1. The van der Waals surface area contributed by atoms with E-state index in [1.54, 1.807) is 0 Å². The molecule has 7 heteroatoms. The van der Waals surface area contributed by atoms with Crippen molar-refractivity contribution < 1.29 is 4.74 Å². The van der Waals surface area contributed by atoms with Crippen molar-refractivity contribution in [2.75, 3.05) is 6.61 Å². The third-order valence-corrected chi connectivity index (χ3v) is 4.78. The van der Waals surface area contributed by atoms with Crippen LogP contribution in [0.4, 0.5) is 0 Å². The largest absolute Gasteiger partial charge is 0.341 e. The summed E-state index contributed by atoms with van der Waals surface area (Å²) in [6.07, 6.45) is 0. The highest BCUT2D eigenvalue weighted by Gasteiger charge is 2.67. The van der Waals surface area contributed by atoms with Crippen LogP contribution in [0.1, 0.15) is 0 Å². The van der Waals surface area contributed by atoms with Crippen molar-refractivity contribution in [2.24, 2.45) is 0 Å². The minimum atomic E-state index is -1.76. The molecule has 1 saturated heterocycles. The standard InChI is InChI=1S/C4H2Cl6O/c5-2(6)1-11-4(9,10)3(2,7)8/h1H2. The lowest BCUT2D eigenvalue weighted by atomic mass is 10.3. The van der Waals surface area contributed by atoms with Crippen molar-refractivity contribution in [2.45, 2.75) is 13.2 Å². The van der Waals surface area contributed by atoms with Crippen LogP contribution in [0.25, 0.3) is 0 Å². The van der Waals surface area contributed by atoms with Crippen LogP contribution in [0.15, 0.2) is 0 Å². The first kappa shape index (κ1) is 10.8. The molecule has 0 bridgehead atoms. The molecule has 1 fully saturated rings. The molecule has 11 heavy (non-hydrogen) atoms. The first-order valence-corrected chi connectivity index (χ1v) is 4.75. The third kappa shape index (κ3) is 1.54. The van der Waals surface area contributed by atoms with Gasteiger partial charge in [-0.1, -0.05) is 69.6 Å². The van der Waals surface area contributed by atoms with Gasteiger partial charge in [-0.15, -0.1) is 0 Å². The predicted octanol–water partition coefficient (Wildman–Crippen LogP) is 3.50. The summed E-state index contributed by atoms with van der Waals surface area (Å²) < 4.78 is -0.207. The minimum Gasteiger partial charge on any atom is -0.341 e. The summed E-state index contributed by atoms with van der Waals surface area (Å²) >= 11 is 33.7. The van der Waals surface area contributed by atoms with E-state index >= 15 is 0 Å². The zero-order valence-corrected chi connectivity index (χ0v) is 9.42. The Hall–Kier alpha value is 1.70. The predicted molar refractivity (Wildman–Crippen MR) is 49.3 cm³/mol. The summed E-state index contributed by atoms with van der Waals surface area (Å²) in [4.78, 5) is 0. The summed E-state index contributed by atoms with van der Waals surface area (Å²) in [6, 6.07) is 0. The average Bonchev–Trinajstić information content (AvgIpc) is 1.93. The van der Waals surface area contributed by atoms with Crippen molar-refractivity contribution in [3.63, 3.8) is 0 Å². The van der Waals surface area contributed by atoms with Crippen LogP contribution in [-0.4, -0.2) is 19.8 Å². The SMILES string of the molecule is ClC1(Cl)COC(Cl)(Cl)C1(Cl)Cl. The van der Waals surface area contributed by atoms with Crippen LogP contribution in [0, 0.1) is 0 Å². The number of hydrogen-bond donors (Lipinski definition) is 0. The number of rotatable bonds is 0. The van der Waals surface area contributed by atoms with E-state index in [4.69, 9.17) is 74.3 Å². The maximum absolute atomic E-state index is 5.66. The van der Waals surface area contributed by atoms with E-state index in [0.717, 1.165) is 0 Å². The molecule has 0 aromatic carbocycles. The fourth-order valence-electron chi connectivity index (χ4n) is 0.575. The number of alkyl halides is 6. The summed E-state index contributed by atoms with van der Waals surface area (Å²) in [5, 5.41) is 0. The van der Waals surface area contributed by atoms with Crippen LogP contribution >= 0.6 is 69.6 Å². The molecule has 0 radical (unpaired) electrons. The molecule has 66 valence electrons. The molecule has 0 N–H and O–H groups in total. The zero-order valence-electron chi connectivity index (χ0n) is 4.88. The maximum Gasteiger partial charge on any atom is 0.254 e. The molecule has 1 heterocycles. The summed E-state index contributed by atoms with van der Waals surface area (Å²) in [7, 11) is 0. The van der Waals surface area contributed by atoms with E-state index in [1.165, 1.54) is 0 Å². The van der Waals surface area contributed by atoms with Crippen molar-refractivity contribution in [3.8, 4) is 0 Å². The first-order valence-electron chi connectivity index (χ1n) is 2.48. The fourth-order valence-corrected chi connectivity index (χ4v) is 1.79. The van der Waals surface area contributed by atoms with Gasteiger partial charge in [-0.3, -0.25) is 0 Å². The van der Waals surface area contributed by atoms with Gasteiger partial charge in [-0.25, -0.2) is 0 Å². The van der Waals surface area contributed by atoms with Gasteiger partial charge >= 0.3 is 0 Å². The molecule has 0 aliphatic carbocycles. The molecule has 1 aliphatic heterocycles. The Morgan fingerprint density at radius 2 is 1.36 bits per heavy atom. The number of halogens is 6. The van der Waals surface area contributed by atoms with Crippen molar-refractivity contribution in [1.29, 1.82) is 0 Å². The fraction of sp³-hybridized carbons (Fsp3) is 1.00. The quantitative estimate of drug-likeness (QED) is 0.616. The van der Waals surface area contributed by atoms with Crippen molar-refractivity contribution in [1.82, 2.24) is 0 Å². The Kier molecular flexibility index (Phi) is 2.79. The molecule has 1 nitrogen and oxygen atoms in total. The van der Waals surface area contributed by atoms with E-state index in [0.29, 0.717) is 0 Å². The van der Waals surface area contributed by atoms with Gasteiger partial charge in [0.25, 0.3) is 4.52 Å². The van der Waals surface area contributed by atoms with Crippen molar-refractivity contribution >= 4 is 69.6 Å². The van der Waals surface area contributed by atoms with E-state index in [9.17, 15) is 0 Å². The Morgan fingerprint density at radius 3 is 1.45 bits per heavy atom. The van der Waals surface area contributed by atoms with Crippen LogP contribution in [0.3, 0.4) is 0 Å². The molecule has 0 saturated carbocycles. The summed E-state index contributed by atoms with van der Waals surface area (Å²) in [6.45, 7) is -0.115. The van der Waals surface area contributed by atoms with Gasteiger partial charge in [0.05, 0.1) is 6.61 Å². The van der Waals surface area contributed by atoms with Crippen LogP contribution in [0.2, 0.25) is 0 Å². The molecule has 0 spiro atoms. The normalized spacial score (nSPS) is 32.2. The highest BCUT2D eigenvalue weighted by molar-refractivity contribution is 6.69. The molecule has 0 atom stereocenters. The first-order chi connectivity index (χ1) is 4.71. The van der Waals surface area contributed by atoms with E-state index in [2.05, 4.69) is 0 Å². The summed E-state index contributed by atoms with van der Waals surface area (Å²) in [5.41, 5.74) is 0. The Balaban J connectivity index is 3.00. The second kappa shape index (κ2) is 2.84. The Morgan fingerprint density at radius 1 is 0.909 bits per heavy atom.